The molecule has 3 rings (SSSR count). The number of hydrogen-bond donors (Lipinski definition) is 1. The number of carbonyl (C=O) groups is 1. The van der Waals surface area contributed by atoms with Crippen molar-refractivity contribution >= 4 is 23.7 Å². The number of rotatable bonds is 5. The van der Waals surface area contributed by atoms with Crippen molar-refractivity contribution in [1.82, 2.24) is 20.2 Å². The first-order valence-corrected chi connectivity index (χ1v) is 6.65. The Kier molecular flexibility index (Phi) is 3.85. The third kappa shape index (κ3) is 2.88. The SMILES string of the molecule is C=Cn1nnc(NC(=O)c2ccc(-c3ccccc3[N+](=O)[O-])o2)n1. The van der Waals surface area contributed by atoms with Crippen molar-refractivity contribution in [3.05, 3.63) is 58.9 Å². The number of amides is 1. The molecule has 0 radical (unpaired) electrons. The summed E-state index contributed by atoms with van der Waals surface area (Å²) in [6.45, 7) is 3.45. The fourth-order valence-electron chi connectivity index (χ4n) is 1.96. The molecule has 0 fully saturated rings. The van der Waals surface area contributed by atoms with E-state index in [-0.39, 0.29) is 28.7 Å². The molecule has 0 aliphatic heterocycles. The van der Waals surface area contributed by atoms with Crippen LogP contribution in [0.15, 0.2) is 47.4 Å². The first-order valence-electron chi connectivity index (χ1n) is 6.65. The smallest absolute Gasteiger partial charge is 0.293 e. The summed E-state index contributed by atoms with van der Waals surface area (Å²) < 4.78 is 5.41. The Morgan fingerprint density at radius 2 is 2.12 bits per heavy atom. The summed E-state index contributed by atoms with van der Waals surface area (Å²) in [6, 6.07) is 8.96. The molecule has 2 aromatic heterocycles. The van der Waals surface area contributed by atoms with Crippen LogP contribution in [-0.4, -0.2) is 31.0 Å². The summed E-state index contributed by atoms with van der Waals surface area (Å²) in [7, 11) is 0. The molecule has 0 unspecified atom stereocenters. The average Bonchev–Trinajstić information content (AvgIpc) is 3.24. The van der Waals surface area contributed by atoms with Crippen molar-refractivity contribution in [2.45, 2.75) is 0 Å². The van der Waals surface area contributed by atoms with E-state index < -0.39 is 10.8 Å². The number of benzene rings is 1. The van der Waals surface area contributed by atoms with Crippen LogP contribution in [-0.2, 0) is 0 Å². The molecule has 10 nitrogen and oxygen atoms in total. The minimum atomic E-state index is -0.608. The fraction of sp³-hybridized carbons (Fsp3) is 0. The van der Waals surface area contributed by atoms with Gasteiger partial charge in [-0.1, -0.05) is 23.8 Å². The maximum absolute atomic E-state index is 12.1. The minimum Gasteiger partial charge on any atom is -0.451 e. The van der Waals surface area contributed by atoms with Crippen LogP contribution in [0.3, 0.4) is 0 Å². The van der Waals surface area contributed by atoms with Gasteiger partial charge in [-0.2, -0.15) is 0 Å². The van der Waals surface area contributed by atoms with Gasteiger partial charge in [0.15, 0.2) is 5.76 Å². The number of nitro benzene ring substituents is 1. The largest absolute Gasteiger partial charge is 0.451 e. The zero-order chi connectivity index (χ0) is 17.1. The summed E-state index contributed by atoms with van der Waals surface area (Å²) >= 11 is 0. The molecule has 1 aromatic carbocycles. The highest BCUT2D eigenvalue weighted by Gasteiger charge is 2.20. The first kappa shape index (κ1) is 15.1. The van der Waals surface area contributed by atoms with E-state index in [9.17, 15) is 14.9 Å². The number of aromatic nitrogens is 4. The standard InChI is InChI=1S/C14H10N6O4/c1-2-19-17-14(16-18-19)15-13(21)12-8-7-11(24-12)9-5-3-4-6-10(9)20(22)23/h2-8H,1H2,(H,15,17,21). The van der Waals surface area contributed by atoms with Gasteiger partial charge in [0.1, 0.15) is 5.76 Å². The molecule has 0 atom stereocenters. The van der Waals surface area contributed by atoms with E-state index in [0.29, 0.717) is 0 Å². The van der Waals surface area contributed by atoms with Crippen LogP contribution in [0.2, 0.25) is 0 Å². The zero-order valence-electron chi connectivity index (χ0n) is 12.1. The zero-order valence-corrected chi connectivity index (χ0v) is 12.1. The predicted molar refractivity (Wildman–Crippen MR) is 83.0 cm³/mol. The Labute approximate surface area is 134 Å². The van der Waals surface area contributed by atoms with Gasteiger partial charge in [0.25, 0.3) is 17.5 Å². The molecular weight excluding hydrogens is 316 g/mol. The highest BCUT2D eigenvalue weighted by atomic mass is 16.6. The average molecular weight is 326 g/mol. The van der Waals surface area contributed by atoms with Gasteiger partial charge in [0.05, 0.1) is 10.5 Å². The third-order valence-corrected chi connectivity index (χ3v) is 3.01. The van der Waals surface area contributed by atoms with Crippen molar-refractivity contribution in [1.29, 1.82) is 0 Å². The number of anilines is 1. The Morgan fingerprint density at radius 1 is 1.33 bits per heavy atom. The minimum absolute atomic E-state index is 0.0245. The number of nitro groups is 1. The number of nitrogens with zero attached hydrogens (tertiary/aromatic N) is 5. The van der Waals surface area contributed by atoms with Crippen LogP contribution in [0, 0.1) is 10.1 Å². The van der Waals surface area contributed by atoms with Gasteiger partial charge in [0, 0.05) is 12.3 Å². The van der Waals surface area contributed by atoms with Crippen LogP contribution < -0.4 is 5.32 Å². The van der Waals surface area contributed by atoms with Crippen LogP contribution in [0.4, 0.5) is 11.6 Å². The summed E-state index contributed by atoms with van der Waals surface area (Å²) in [5, 5.41) is 24.5. The number of nitrogens with one attached hydrogen (secondary N) is 1. The van der Waals surface area contributed by atoms with Crippen LogP contribution in [0.25, 0.3) is 17.5 Å². The highest BCUT2D eigenvalue weighted by molar-refractivity contribution is 6.01. The lowest BCUT2D eigenvalue weighted by Crippen LogP contribution is -2.12. The Hall–Kier alpha value is -3.82. The van der Waals surface area contributed by atoms with Gasteiger partial charge in [-0.3, -0.25) is 20.2 Å². The maximum atomic E-state index is 12.1. The number of carbonyl (C=O) groups excluding carboxylic acids is 1. The highest BCUT2D eigenvalue weighted by Crippen LogP contribution is 2.30. The lowest BCUT2D eigenvalue weighted by molar-refractivity contribution is -0.384. The maximum Gasteiger partial charge on any atom is 0.293 e. The molecule has 1 amide bonds. The van der Waals surface area contributed by atoms with Crippen LogP contribution >= 0.6 is 0 Å². The summed E-state index contributed by atoms with van der Waals surface area (Å²) in [5.41, 5.74) is 0.159. The molecule has 3 aromatic rings. The number of hydrogen-bond acceptors (Lipinski definition) is 7. The normalized spacial score (nSPS) is 10.3. The Bertz CT molecular complexity index is 929. The molecule has 2 heterocycles. The van der Waals surface area contributed by atoms with Gasteiger partial charge < -0.3 is 4.42 Å². The Balaban J connectivity index is 1.84. The molecule has 24 heavy (non-hydrogen) atoms. The van der Waals surface area contributed by atoms with Crippen LogP contribution in [0.5, 0.6) is 0 Å². The van der Waals surface area contributed by atoms with E-state index >= 15 is 0 Å². The number of para-hydroxylation sites is 1. The summed E-state index contributed by atoms with van der Waals surface area (Å²) in [4.78, 5) is 23.7. The predicted octanol–water partition coefficient (Wildman–Crippen LogP) is 2.19. The van der Waals surface area contributed by atoms with Gasteiger partial charge in [0.2, 0.25) is 0 Å². The fourth-order valence-corrected chi connectivity index (χ4v) is 1.96. The van der Waals surface area contributed by atoms with Gasteiger partial charge in [-0.25, -0.2) is 0 Å². The number of tetrazole rings is 1. The van der Waals surface area contributed by atoms with Gasteiger partial charge in [-0.05, 0) is 23.4 Å². The Morgan fingerprint density at radius 3 is 2.83 bits per heavy atom. The quantitative estimate of drug-likeness (QED) is 0.562. The van der Waals surface area contributed by atoms with Crippen LogP contribution in [0.1, 0.15) is 10.6 Å². The van der Waals surface area contributed by atoms with E-state index in [2.05, 4.69) is 27.3 Å². The van der Waals surface area contributed by atoms with Crippen molar-refractivity contribution in [2.24, 2.45) is 0 Å². The topological polar surface area (TPSA) is 129 Å². The lowest BCUT2D eigenvalue weighted by atomic mass is 10.1. The molecule has 0 saturated heterocycles. The van der Waals surface area contributed by atoms with Crippen molar-refractivity contribution in [2.75, 3.05) is 5.32 Å². The second kappa shape index (κ2) is 6.12. The van der Waals surface area contributed by atoms with Gasteiger partial charge >= 0.3 is 0 Å². The van der Waals surface area contributed by atoms with E-state index in [1.807, 2.05) is 0 Å². The van der Waals surface area contributed by atoms with E-state index in [4.69, 9.17) is 4.42 Å². The molecule has 0 bridgehead atoms. The lowest BCUT2D eigenvalue weighted by Gasteiger charge is -1.99. The molecule has 0 saturated carbocycles. The van der Waals surface area contributed by atoms with E-state index in [0.717, 1.165) is 4.80 Å². The second-order valence-corrected chi connectivity index (χ2v) is 4.51. The van der Waals surface area contributed by atoms with Crippen molar-refractivity contribution < 1.29 is 14.1 Å². The first-order chi connectivity index (χ1) is 11.6. The summed E-state index contributed by atoms with van der Waals surface area (Å²) in [6.07, 6.45) is 1.31. The van der Waals surface area contributed by atoms with Crippen molar-refractivity contribution in [3.8, 4) is 11.3 Å². The molecule has 0 spiro atoms. The third-order valence-electron chi connectivity index (χ3n) is 3.01. The molecule has 0 aliphatic rings. The molecule has 1 N–H and O–H groups in total. The van der Waals surface area contributed by atoms with E-state index in [1.54, 1.807) is 12.1 Å². The molecule has 0 aliphatic carbocycles. The van der Waals surface area contributed by atoms with Crippen molar-refractivity contribution in [3.63, 3.8) is 0 Å². The number of furan rings is 1. The molecule has 10 heteroatoms. The molecule has 120 valence electrons. The summed E-state index contributed by atoms with van der Waals surface area (Å²) in [5.74, 6) is -0.472. The van der Waals surface area contributed by atoms with Gasteiger partial charge in [-0.15, -0.1) is 9.90 Å². The molecular formula is C14H10N6O4. The second-order valence-electron chi connectivity index (χ2n) is 4.51. The van der Waals surface area contributed by atoms with E-state index in [1.165, 1.54) is 30.5 Å². The monoisotopic (exact) mass is 326 g/mol.